The van der Waals surface area contributed by atoms with Crippen LogP contribution >= 0.6 is 23.4 Å². The van der Waals surface area contributed by atoms with Crippen LogP contribution in [0.15, 0.2) is 29.2 Å². The van der Waals surface area contributed by atoms with Gasteiger partial charge in [0, 0.05) is 18.4 Å². The smallest absolute Gasteiger partial charge is 0.0856 e. The second-order valence-corrected chi connectivity index (χ2v) is 5.66. The molecule has 1 unspecified atom stereocenters. The van der Waals surface area contributed by atoms with Gasteiger partial charge in [0.2, 0.25) is 0 Å². The molecule has 1 aromatic heterocycles. The number of aromatic nitrogens is 2. The van der Waals surface area contributed by atoms with Gasteiger partial charge >= 0.3 is 0 Å². The highest BCUT2D eigenvalue weighted by molar-refractivity contribution is 7.98. The average Bonchev–Trinajstić information content (AvgIpc) is 2.65. The van der Waals surface area contributed by atoms with Gasteiger partial charge in [-0.3, -0.25) is 4.68 Å². The molecule has 2 rings (SSSR count). The van der Waals surface area contributed by atoms with Crippen molar-refractivity contribution in [3.63, 3.8) is 0 Å². The lowest BCUT2D eigenvalue weighted by atomic mass is 10.0. The Morgan fingerprint density at radius 1 is 1.42 bits per heavy atom. The topological polar surface area (TPSA) is 38.1 Å². The van der Waals surface area contributed by atoms with Crippen molar-refractivity contribution in [3.05, 3.63) is 46.2 Å². The minimum atomic E-state index is -0.573. The van der Waals surface area contributed by atoms with Crippen LogP contribution in [0.5, 0.6) is 0 Å². The molecule has 0 amide bonds. The maximum atomic E-state index is 10.4. The van der Waals surface area contributed by atoms with Gasteiger partial charge in [-0.1, -0.05) is 29.8 Å². The maximum Gasteiger partial charge on any atom is 0.0856 e. The molecule has 0 saturated heterocycles. The third kappa shape index (κ3) is 2.96. The van der Waals surface area contributed by atoms with Crippen molar-refractivity contribution in [2.75, 3.05) is 6.26 Å². The zero-order chi connectivity index (χ0) is 14.0. The van der Waals surface area contributed by atoms with Crippen LogP contribution in [0.25, 0.3) is 0 Å². The van der Waals surface area contributed by atoms with E-state index in [1.807, 2.05) is 44.5 Å². The summed E-state index contributed by atoms with van der Waals surface area (Å²) in [6, 6.07) is 7.88. The summed E-state index contributed by atoms with van der Waals surface area (Å²) in [7, 11) is 1.85. The molecule has 0 fully saturated rings. The molecule has 3 nitrogen and oxygen atoms in total. The first-order chi connectivity index (χ1) is 9.04. The third-order valence-electron chi connectivity index (χ3n) is 3.15. The zero-order valence-corrected chi connectivity index (χ0v) is 12.8. The minimum absolute atomic E-state index is 0.466. The maximum absolute atomic E-state index is 10.4. The molecule has 0 aliphatic rings. The van der Waals surface area contributed by atoms with Crippen LogP contribution in [-0.4, -0.2) is 21.1 Å². The molecule has 0 spiro atoms. The molecule has 2 aromatic rings. The van der Waals surface area contributed by atoms with Crippen molar-refractivity contribution in [2.45, 2.75) is 24.3 Å². The fourth-order valence-corrected chi connectivity index (χ4v) is 3.03. The molecule has 0 radical (unpaired) electrons. The quantitative estimate of drug-likeness (QED) is 0.879. The number of aryl methyl sites for hydroxylation is 2. The molecule has 1 aromatic carbocycles. The third-order valence-corrected chi connectivity index (χ3v) is 4.45. The molecular weight excluding hydrogens is 280 g/mol. The number of benzene rings is 1. The molecule has 0 aliphatic carbocycles. The fraction of sp³-hybridized carbons (Fsp3) is 0.357. The van der Waals surface area contributed by atoms with Crippen LogP contribution in [0.3, 0.4) is 0 Å². The standard InChI is InChI=1S/C14H17ClN2OS/c1-9-14(15)11(17(2)16-9)8-12(18)10-6-4-5-7-13(10)19-3/h4-7,12,18H,8H2,1-3H3. The second kappa shape index (κ2) is 5.99. The summed E-state index contributed by atoms with van der Waals surface area (Å²) < 4.78 is 1.74. The highest BCUT2D eigenvalue weighted by Crippen LogP contribution is 2.30. The summed E-state index contributed by atoms with van der Waals surface area (Å²) in [6.45, 7) is 1.87. The number of aliphatic hydroxyl groups is 1. The summed E-state index contributed by atoms with van der Waals surface area (Å²) >= 11 is 7.85. The lowest BCUT2D eigenvalue weighted by Gasteiger charge is -2.14. The van der Waals surface area contributed by atoms with Gasteiger partial charge in [-0.2, -0.15) is 5.10 Å². The Balaban J connectivity index is 2.28. The van der Waals surface area contributed by atoms with E-state index in [9.17, 15) is 5.11 Å². The molecular formula is C14H17ClN2OS. The number of thioether (sulfide) groups is 1. The molecule has 0 bridgehead atoms. The van der Waals surface area contributed by atoms with Gasteiger partial charge in [0.25, 0.3) is 0 Å². The SMILES string of the molecule is CSc1ccccc1C(O)Cc1c(Cl)c(C)nn1C. The summed E-state index contributed by atoms with van der Waals surface area (Å²) in [6.07, 6.45) is 1.90. The monoisotopic (exact) mass is 296 g/mol. The first kappa shape index (κ1) is 14.4. The van der Waals surface area contributed by atoms with Gasteiger partial charge in [0.05, 0.1) is 22.5 Å². The number of rotatable bonds is 4. The van der Waals surface area contributed by atoms with Crippen LogP contribution in [0.4, 0.5) is 0 Å². The molecule has 1 heterocycles. The molecule has 19 heavy (non-hydrogen) atoms. The van der Waals surface area contributed by atoms with Crippen LogP contribution in [-0.2, 0) is 13.5 Å². The van der Waals surface area contributed by atoms with Gasteiger partial charge in [-0.25, -0.2) is 0 Å². The van der Waals surface area contributed by atoms with E-state index in [0.717, 1.165) is 21.8 Å². The molecule has 0 aliphatic heterocycles. The van der Waals surface area contributed by atoms with Gasteiger partial charge in [-0.15, -0.1) is 11.8 Å². The predicted molar refractivity (Wildman–Crippen MR) is 79.8 cm³/mol. The molecule has 1 N–H and O–H groups in total. The van der Waals surface area contributed by atoms with Crippen molar-refractivity contribution in [2.24, 2.45) is 7.05 Å². The lowest BCUT2D eigenvalue weighted by molar-refractivity contribution is 0.173. The van der Waals surface area contributed by atoms with E-state index in [0.29, 0.717) is 11.4 Å². The first-order valence-electron chi connectivity index (χ1n) is 6.03. The van der Waals surface area contributed by atoms with Crippen molar-refractivity contribution in [1.29, 1.82) is 0 Å². The Kier molecular flexibility index (Phi) is 4.55. The van der Waals surface area contributed by atoms with Crippen LogP contribution in [0.1, 0.15) is 23.1 Å². The number of hydrogen-bond acceptors (Lipinski definition) is 3. The second-order valence-electron chi connectivity index (χ2n) is 4.43. The Hall–Kier alpha value is -0.970. The van der Waals surface area contributed by atoms with Gasteiger partial charge in [0.15, 0.2) is 0 Å². The number of halogens is 1. The average molecular weight is 297 g/mol. The number of aliphatic hydroxyl groups excluding tert-OH is 1. The van der Waals surface area contributed by atoms with E-state index < -0.39 is 6.10 Å². The predicted octanol–water partition coefficient (Wildman–Crippen LogP) is 3.38. The summed E-state index contributed by atoms with van der Waals surface area (Å²) in [4.78, 5) is 1.09. The Bertz CT molecular complexity index is 583. The number of hydrogen-bond donors (Lipinski definition) is 1. The summed E-state index contributed by atoms with van der Waals surface area (Å²) in [5, 5.41) is 15.3. The fourth-order valence-electron chi connectivity index (χ4n) is 2.14. The minimum Gasteiger partial charge on any atom is -0.388 e. The highest BCUT2D eigenvalue weighted by atomic mass is 35.5. The van der Waals surface area contributed by atoms with Gasteiger partial charge in [-0.05, 0) is 24.8 Å². The Morgan fingerprint density at radius 2 is 2.11 bits per heavy atom. The molecule has 102 valence electrons. The van der Waals surface area contributed by atoms with Crippen molar-refractivity contribution < 1.29 is 5.11 Å². The van der Waals surface area contributed by atoms with E-state index in [4.69, 9.17) is 11.6 Å². The highest BCUT2D eigenvalue weighted by Gasteiger charge is 2.18. The zero-order valence-electron chi connectivity index (χ0n) is 11.2. The normalized spacial score (nSPS) is 12.7. The Morgan fingerprint density at radius 3 is 2.68 bits per heavy atom. The number of nitrogens with zero attached hydrogens (tertiary/aromatic N) is 2. The largest absolute Gasteiger partial charge is 0.388 e. The molecule has 1 atom stereocenters. The van der Waals surface area contributed by atoms with E-state index in [1.165, 1.54) is 0 Å². The van der Waals surface area contributed by atoms with Crippen LogP contribution in [0.2, 0.25) is 5.02 Å². The van der Waals surface area contributed by atoms with Crippen LogP contribution in [0, 0.1) is 6.92 Å². The van der Waals surface area contributed by atoms with Gasteiger partial charge in [0.1, 0.15) is 0 Å². The van der Waals surface area contributed by atoms with Crippen molar-refractivity contribution in [1.82, 2.24) is 9.78 Å². The lowest BCUT2D eigenvalue weighted by Crippen LogP contribution is -2.07. The van der Waals surface area contributed by atoms with E-state index in [-0.39, 0.29) is 0 Å². The molecule has 0 saturated carbocycles. The van der Waals surface area contributed by atoms with E-state index >= 15 is 0 Å². The summed E-state index contributed by atoms with van der Waals surface area (Å²) in [5.41, 5.74) is 2.59. The molecule has 5 heteroatoms. The van der Waals surface area contributed by atoms with Crippen LogP contribution < -0.4 is 0 Å². The van der Waals surface area contributed by atoms with E-state index in [2.05, 4.69) is 5.10 Å². The Labute approximate surface area is 122 Å². The first-order valence-corrected chi connectivity index (χ1v) is 7.63. The van der Waals surface area contributed by atoms with Crippen molar-refractivity contribution in [3.8, 4) is 0 Å². The summed E-state index contributed by atoms with van der Waals surface area (Å²) in [5.74, 6) is 0. The van der Waals surface area contributed by atoms with E-state index in [1.54, 1.807) is 16.4 Å². The van der Waals surface area contributed by atoms with Crippen molar-refractivity contribution >= 4 is 23.4 Å². The van der Waals surface area contributed by atoms with Gasteiger partial charge < -0.3 is 5.11 Å².